The summed E-state index contributed by atoms with van der Waals surface area (Å²) in [4.78, 5) is 13.6. The van der Waals surface area contributed by atoms with Crippen LogP contribution in [0.25, 0.3) is 0 Å². The van der Waals surface area contributed by atoms with Gasteiger partial charge in [-0.15, -0.1) is 0 Å². The SMILES string of the molecule is Cn1cncc1COc1ccc([N+](=O)[O-])c(F)c1. The van der Waals surface area contributed by atoms with Crippen molar-refractivity contribution in [2.45, 2.75) is 6.61 Å². The first-order chi connectivity index (χ1) is 8.58. The topological polar surface area (TPSA) is 70.2 Å². The summed E-state index contributed by atoms with van der Waals surface area (Å²) in [6.45, 7) is 0.216. The van der Waals surface area contributed by atoms with E-state index >= 15 is 0 Å². The van der Waals surface area contributed by atoms with E-state index in [2.05, 4.69) is 4.98 Å². The quantitative estimate of drug-likeness (QED) is 0.616. The molecule has 0 fully saturated rings. The van der Waals surface area contributed by atoms with Gasteiger partial charge in [0.15, 0.2) is 0 Å². The van der Waals surface area contributed by atoms with Gasteiger partial charge in [0.2, 0.25) is 5.82 Å². The number of nitrogens with zero attached hydrogens (tertiary/aromatic N) is 3. The van der Waals surface area contributed by atoms with Gasteiger partial charge in [-0.2, -0.15) is 4.39 Å². The summed E-state index contributed by atoms with van der Waals surface area (Å²) >= 11 is 0. The van der Waals surface area contributed by atoms with E-state index in [9.17, 15) is 14.5 Å². The van der Waals surface area contributed by atoms with Crippen LogP contribution in [0.5, 0.6) is 5.75 Å². The van der Waals surface area contributed by atoms with Crippen molar-refractivity contribution in [3.05, 3.63) is 52.3 Å². The number of ether oxygens (including phenoxy) is 1. The summed E-state index contributed by atoms with van der Waals surface area (Å²) in [5, 5.41) is 10.4. The predicted molar refractivity (Wildman–Crippen MR) is 60.6 cm³/mol. The van der Waals surface area contributed by atoms with Gasteiger partial charge in [-0.3, -0.25) is 10.1 Å². The molecule has 0 amide bonds. The molecule has 7 heteroatoms. The third kappa shape index (κ3) is 2.45. The number of aromatic nitrogens is 2. The van der Waals surface area contributed by atoms with Gasteiger partial charge in [-0.05, 0) is 6.07 Å². The normalized spacial score (nSPS) is 10.3. The van der Waals surface area contributed by atoms with Crippen molar-refractivity contribution in [2.75, 3.05) is 0 Å². The Bertz CT molecular complexity index is 583. The number of nitro groups is 1. The van der Waals surface area contributed by atoms with E-state index in [1.54, 1.807) is 17.1 Å². The van der Waals surface area contributed by atoms with E-state index in [0.717, 1.165) is 17.8 Å². The number of aryl methyl sites for hydroxylation is 1. The van der Waals surface area contributed by atoms with Crippen LogP contribution in [0.1, 0.15) is 5.69 Å². The van der Waals surface area contributed by atoms with E-state index in [1.165, 1.54) is 6.07 Å². The van der Waals surface area contributed by atoms with Crippen molar-refractivity contribution in [1.82, 2.24) is 9.55 Å². The van der Waals surface area contributed by atoms with Gasteiger partial charge in [0.1, 0.15) is 12.4 Å². The summed E-state index contributed by atoms with van der Waals surface area (Å²) in [5.74, 6) is -0.679. The lowest BCUT2D eigenvalue weighted by Crippen LogP contribution is -2.01. The lowest BCUT2D eigenvalue weighted by atomic mass is 10.3. The van der Waals surface area contributed by atoms with Gasteiger partial charge in [-0.1, -0.05) is 0 Å². The zero-order chi connectivity index (χ0) is 13.1. The number of hydrogen-bond acceptors (Lipinski definition) is 4. The van der Waals surface area contributed by atoms with Crippen LogP contribution in [0, 0.1) is 15.9 Å². The molecule has 0 bridgehead atoms. The van der Waals surface area contributed by atoms with Crippen LogP contribution in [0.2, 0.25) is 0 Å². The Balaban J connectivity index is 2.09. The summed E-state index contributed by atoms with van der Waals surface area (Å²) in [5.41, 5.74) is 0.247. The van der Waals surface area contributed by atoms with E-state index in [4.69, 9.17) is 4.74 Å². The van der Waals surface area contributed by atoms with E-state index < -0.39 is 16.4 Å². The maximum atomic E-state index is 13.3. The molecule has 0 aliphatic carbocycles. The molecule has 94 valence electrons. The average Bonchev–Trinajstić information content (AvgIpc) is 2.72. The number of rotatable bonds is 4. The van der Waals surface area contributed by atoms with Gasteiger partial charge in [-0.25, -0.2) is 4.98 Å². The molecular formula is C11H10FN3O3. The fourth-order valence-electron chi connectivity index (χ4n) is 1.41. The second-order valence-corrected chi connectivity index (χ2v) is 3.65. The smallest absolute Gasteiger partial charge is 0.305 e. The molecule has 2 aromatic rings. The Kier molecular flexibility index (Phi) is 3.22. The van der Waals surface area contributed by atoms with Gasteiger partial charge in [0.25, 0.3) is 0 Å². The Morgan fingerprint density at radius 1 is 1.56 bits per heavy atom. The molecule has 0 N–H and O–H groups in total. The Hall–Kier alpha value is -2.44. The fraction of sp³-hybridized carbons (Fsp3) is 0.182. The summed E-state index contributed by atoms with van der Waals surface area (Å²) in [6.07, 6.45) is 3.25. The molecule has 1 heterocycles. The summed E-state index contributed by atoms with van der Waals surface area (Å²) in [6, 6.07) is 3.43. The van der Waals surface area contributed by atoms with E-state index in [-0.39, 0.29) is 12.4 Å². The van der Waals surface area contributed by atoms with Crippen LogP contribution in [0.4, 0.5) is 10.1 Å². The molecule has 1 aromatic heterocycles. The van der Waals surface area contributed by atoms with Crippen LogP contribution < -0.4 is 4.74 Å². The molecule has 0 unspecified atom stereocenters. The minimum atomic E-state index is -0.914. The molecule has 0 saturated heterocycles. The first kappa shape index (κ1) is 12.0. The lowest BCUT2D eigenvalue weighted by Gasteiger charge is -2.06. The molecule has 1 aromatic carbocycles. The van der Waals surface area contributed by atoms with Crippen molar-refractivity contribution >= 4 is 5.69 Å². The Labute approximate surface area is 102 Å². The maximum Gasteiger partial charge on any atom is 0.305 e. The molecule has 0 aliphatic heterocycles. The second kappa shape index (κ2) is 4.82. The van der Waals surface area contributed by atoms with Gasteiger partial charge in [0.05, 0.1) is 23.1 Å². The van der Waals surface area contributed by atoms with Gasteiger partial charge < -0.3 is 9.30 Å². The van der Waals surface area contributed by atoms with Crippen molar-refractivity contribution in [1.29, 1.82) is 0 Å². The number of imidazole rings is 1. The zero-order valence-electron chi connectivity index (χ0n) is 9.54. The zero-order valence-corrected chi connectivity index (χ0v) is 9.54. The highest BCUT2D eigenvalue weighted by molar-refractivity contribution is 5.37. The van der Waals surface area contributed by atoms with Crippen LogP contribution in [0.3, 0.4) is 0 Å². The third-order valence-electron chi connectivity index (χ3n) is 2.42. The maximum absolute atomic E-state index is 13.3. The van der Waals surface area contributed by atoms with Crippen LogP contribution >= 0.6 is 0 Å². The summed E-state index contributed by atoms with van der Waals surface area (Å²) in [7, 11) is 1.81. The second-order valence-electron chi connectivity index (χ2n) is 3.65. The molecule has 18 heavy (non-hydrogen) atoms. The standard InChI is InChI=1S/C11H10FN3O3/c1-14-7-13-5-8(14)6-18-9-2-3-11(15(16)17)10(12)4-9/h2-5,7H,6H2,1H3. The summed E-state index contributed by atoms with van der Waals surface area (Å²) < 4.78 is 20.4. The first-order valence-electron chi connectivity index (χ1n) is 5.10. The van der Waals surface area contributed by atoms with Gasteiger partial charge in [0, 0.05) is 19.2 Å². The predicted octanol–water partition coefficient (Wildman–Crippen LogP) is 2.05. The van der Waals surface area contributed by atoms with Crippen LogP contribution in [-0.2, 0) is 13.7 Å². The van der Waals surface area contributed by atoms with Crippen LogP contribution in [-0.4, -0.2) is 14.5 Å². The number of benzene rings is 1. The van der Waals surface area contributed by atoms with Crippen molar-refractivity contribution < 1.29 is 14.1 Å². The highest BCUT2D eigenvalue weighted by Gasteiger charge is 2.14. The number of halogens is 1. The Morgan fingerprint density at radius 3 is 2.89 bits per heavy atom. The first-order valence-corrected chi connectivity index (χ1v) is 5.10. The van der Waals surface area contributed by atoms with Crippen molar-refractivity contribution in [3.8, 4) is 5.75 Å². The van der Waals surface area contributed by atoms with E-state index in [0.29, 0.717) is 0 Å². The molecule has 0 aliphatic rings. The molecule has 0 saturated carbocycles. The van der Waals surface area contributed by atoms with E-state index in [1.807, 2.05) is 7.05 Å². The average molecular weight is 251 g/mol. The fourth-order valence-corrected chi connectivity index (χ4v) is 1.41. The molecular weight excluding hydrogens is 241 g/mol. The van der Waals surface area contributed by atoms with Gasteiger partial charge >= 0.3 is 5.69 Å². The third-order valence-corrected chi connectivity index (χ3v) is 2.42. The highest BCUT2D eigenvalue weighted by Crippen LogP contribution is 2.22. The van der Waals surface area contributed by atoms with Crippen molar-refractivity contribution in [3.63, 3.8) is 0 Å². The highest BCUT2D eigenvalue weighted by atomic mass is 19.1. The van der Waals surface area contributed by atoms with Crippen LogP contribution in [0.15, 0.2) is 30.7 Å². The Morgan fingerprint density at radius 2 is 2.33 bits per heavy atom. The molecule has 2 rings (SSSR count). The largest absolute Gasteiger partial charge is 0.487 e. The van der Waals surface area contributed by atoms with Crippen molar-refractivity contribution in [2.24, 2.45) is 7.05 Å². The lowest BCUT2D eigenvalue weighted by molar-refractivity contribution is -0.387. The molecule has 0 atom stereocenters. The molecule has 0 radical (unpaired) electrons. The minimum Gasteiger partial charge on any atom is -0.487 e. The number of hydrogen-bond donors (Lipinski definition) is 0. The number of nitro benzene ring substituents is 1. The molecule has 6 nitrogen and oxygen atoms in total. The molecule has 0 spiro atoms. The monoisotopic (exact) mass is 251 g/mol. The minimum absolute atomic E-state index is 0.216.